The van der Waals surface area contributed by atoms with Gasteiger partial charge in [-0.3, -0.25) is 15.0 Å². The van der Waals surface area contributed by atoms with E-state index in [2.05, 4.69) is 0 Å². The number of carbonyl (C=O) groups is 1. The molecule has 0 atom stereocenters. The van der Waals surface area contributed by atoms with Crippen molar-refractivity contribution in [2.75, 3.05) is 11.4 Å². The third-order valence-corrected chi connectivity index (χ3v) is 2.84. The molecule has 1 N–H and O–H groups in total. The molecule has 1 aromatic rings. The summed E-state index contributed by atoms with van der Waals surface area (Å²) in [4.78, 5) is 21.8. The summed E-state index contributed by atoms with van der Waals surface area (Å²) in [5.74, 6) is 0. The minimum Gasteiger partial charge on any atom is -0.465 e. The Morgan fingerprint density at radius 3 is 2.39 bits per heavy atom. The molecule has 0 aliphatic heterocycles. The van der Waals surface area contributed by atoms with Crippen molar-refractivity contribution < 1.29 is 19.2 Å². The minimum absolute atomic E-state index is 0.134. The highest BCUT2D eigenvalue weighted by Gasteiger charge is 2.45. The second-order valence-corrected chi connectivity index (χ2v) is 4.29. The fourth-order valence-corrected chi connectivity index (χ4v) is 1.60. The summed E-state index contributed by atoms with van der Waals surface area (Å²) in [6.07, 6.45) is -0.569. The molecule has 18 heavy (non-hydrogen) atoms. The molecule has 96 valence electrons. The molecule has 0 bridgehead atoms. The van der Waals surface area contributed by atoms with Gasteiger partial charge in [-0.2, -0.15) is 0 Å². The Kier molecular flexibility index (Phi) is 2.90. The summed E-state index contributed by atoms with van der Waals surface area (Å²) in [6, 6.07) is 5.00. The number of amides is 1. The van der Waals surface area contributed by atoms with Crippen LogP contribution in [-0.4, -0.2) is 28.3 Å². The Balaban J connectivity index is 2.20. The van der Waals surface area contributed by atoms with Crippen LogP contribution in [0.15, 0.2) is 24.3 Å². The summed E-state index contributed by atoms with van der Waals surface area (Å²) < 4.78 is 13.6. The van der Waals surface area contributed by atoms with Gasteiger partial charge >= 0.3 is 6.09 Å². The summed E-state index contributed by atoms with van der Waals surface area (Å²) in [5.41, 5.74) is -1.34. The Labute approximate surface area is 102 Å². The number of anilines is 1. The number of alkyl halides is 1. The van der Waals surface area contributed by atoms with E-state index in [1.54, 1.807) is 0 Å². The topological polar surface area (TPSA) is 83.7 Å². The first-order chi connectivity index (χ1) is 8.41. The molecular formula is C11H11FN2O4. The molecule has 0 radical (unpaired) electrons. The summed E-state index contributed by atoms with van der Waals surface area (Å²) in [5, 5.41) is 19.5. The van der Waals surface area contributed by atoms with Gasteiger partial charge in [-0.1, -0.05) is 0 Å². The van der Waals surface area contributed by atoms with E-state index >= 15 is 0 Å². The fourth-order valence-electron chi connectivity index (χ4n) is 1.60. The zero-order chi connectivity index (χ0) is 13.3. The van der Waals surface area contributed by atoms with E-state index in [4.69, 9.17) is 5.11 Å². The molecule has 7 heteroatoms. The van der Waals surface area contributed by atoms with Gasteiger partial charge in [0.1, 0.15) is 5.67 Å². The maximum atomic E-state index is 13.6. The molecular weight excluding hydrogens is 243 g/mol. The predicted octanol–water partition coefficient (Wildman–Crippen LogP) is 2.58. The van der Waals surface area contributed by atoms with Crippen LogP contribution in [0.4, 0.5) is 20.6 Å². The van der Waals surface area contributed by atoms with E-state index in [1.807, 2.05) is 0 Å². The van der Waals surface area contributed by atoms with E-state index in [-0.39, 0.29) is 17.9 Å². The molecule has 0 aromatic heterocycles. The van der Waals surface area contributed by atoms with E-state index in [1.165, 1.54) is 24.3 Å². The third-order valence-electron chi connectivity index (χ3n) is 2.84. The lowest BCUT2D eigenvalue weighted by atomic mass is 10.2. The lowest BCUT2D eigenvalue weighted by molar-refractivity contribution is -0.384. The number of nitro groups is 1. The van der Waals surface area contributed by atoms with Crippen molar-refractivity contribution >= 4 is 17.5 Å². The van der Waals surface area contributed by atoms with Gasteiger partial charge in [-0.05, 0) is 25.0 Å². The van der Waals surface area contributed by atoms with Crippen LogP contribution in [0.1, 0.15) is 12.8 Å². The second-order valence-electron chi connectivity index (χ2n) is 4.29. The van der Waals surface area contributed by atoms with E-state index in [0.29, 0.717) is 12.8 Å². The van der Waals surface area contributed by atoms with Crippen LogP contribution >= 0.6 is 0 Å². The Morgan fingerprint density at radius 1 is 1.44 bits per heavy atom. The van der Waals surface area contributed by atoms with Gasteiger partial charge in [-0.25, -0.2) is 9.18 Å². The van der Waals surface area contributed by atoms with Crippen LogP contribution < -0.4 is 4.90 Å². The largest absolute Gasteiger partial charge is 0.465 e. The first kappa shape index (κ1) is 12.3. The average Bonchev–Trinajstić information content (AvgIpc) is 3.04. The van der Waals surface area contributed by atoms with Crippen LogP contribution in [0.25, 0.3) is 0 Å². The first-order valence-electron chi connectivity index (χ1n) is 5.35. The van der Waals surface area contributed by atoms with Crippen LogP contribution in [0, 0.1) is 10.1 Å². The predicted molar refractivity (Wildman–Crippen MR) is 61.5 cm³/mol. The summed E-state index contributed by atoms with van der Waals surface area (Å²) >= 11 is 0. The standard InChI is InChI=1S/C11H11FN2O4/c12-11(5-6-11)7-13(10(15)16)8-1-3-9(4-2-8)14(17)18/h1-4H,5-7H2,(H,15,16). The Bertz CT molecular complexity index is 484. The zero-order valence-electron chi connectivity index (χ0n) is 9.38. The number of halogens is 1. The molecule has 1 fully saturated rings. The molecule has 1 aromatic carbocycles. The number of carboxylic acid groups (broad SMARTS) is 1. The second kappa shape index (κ2) is 4.25. The monoisotopic (exact) mass is 254 g/mol. The van der Waals surface area contributed by atoms with Crippen molar-refractivity contribution in [3.8, 4) is 0 Å². The smallest absolute Gasteiger partial charge is 0.411 e. The molecule has 0 spiro atoms. The van der Waals surface area contributed by atoms with Gasteiger partial charge in [0.2, 0.25) is 0 Å². The molecule has 1 aliphatic rings. The highest BCUT2D eigenvalue weighted by Crippen LogP contribution is 2.41. The SMILES string of the molecule is O=C(O)N(CC1(F)CC1)c1ccc([N+](=O)[O-])cc1. The molecule has 1 amide bonds. The number of nitrogens with zero attached hydrogens (tertiary/aromatic N) is 2. The summed E-state index contributed by atoms with van der Waals surface area (Å²) in [7, 11) is 0. The minimum atomic E-state index is -1.44. The molecule has 1 saturated carbocycles. The van der Waals surface area contributed by atoms with Gasteiger partial charge in [-0.15, -0.1) is 0 Å². The van der Waals surface area contributed by atoms with Crippen molar-refractivity contribution in [1.29, 1.82) is 0 Å². The summed E-state index contributed by atoms with van der Waals surface area (Å²) in [6.45, 7) is -0.236. The van der Waals surface area contributed by atoms with Crippen LogP contribution in [-0.2, 0) is 0 Å². The number of benzene rings is 1. The molecule has 1 aliphatic carbocycles. The van der Waals surface area contributed by atoms with Crippen molar-refractivity contribution in [3.05, 3.63) is 34.4 Å². The van der Waals surface area contributed by atoms with Crippen molar-refractivity contribution in [2.24, 2.45) is 0 Å². The Morgan fingerprint density at radius 2 is 2.00 bits per heavy atom. The van der Waals surface area contributed by atoms with E-state index < -0.39 is 16.7 Å². The quantitative estimate of drug-likeness (QED) is 0.661. The number of hydrogen-bond acceptors (Lipinski definition) is 3. The average molecular weight is 254 g/mol. The molecule has 2 rings (SSSR count). The normalized spacial score (nSPS) is 16.1. The van der Waals surface area contributed by atoms with Gasteiger partial charge < -0.3 is 5.11 Å². The third kappa shape index (κ3) is 2.55. The maximum absolute atomic E-state index is 13.6. The van der Waals surface area contributed by atoms with Crippen molar-refractivity contribution in [2.45, 2.75) is 18.5 Å². The number of nitro benzene ring substituents is 1. The van der Waals surface area contributed by atoms with Gasteiger partial charge in [0.15, 0.2) is 0 Å². The van der Waals surface area contributed by atoms with E-state index in [0.717, 1.165) is 4.90 Å². The first-order valence-corrected chi connectivity index (χ1v) is 5.35. The highest BCUT2D eigenvalue weighted by atomic mass is 19.1. The fraction of sp³-hybridized carbons (Fsp3) is 0.364. The van der Waals surface area contributed by atoms with Gasteiger partial charge in [0.25, 0.3) is 5.69 Å². The number of hydrogen-bond donors (Lipinski definition) is 1. The maximum Gasteiger partial charge on any atom is 0.411 e. The number of non-ortho nitro benzene ring substituents is 1. The van der Waals surface area contributed by atoms with E-state index in [9.17, 15) is 19.3 Å². The lowest BCUT2D eigenvalue weighted by Crippen LogP contribution is -2.35. The van der Waals surface area contributed by atoms with Crippen LogP contribution in [0.5, 0.6) is 0 Å². The van der Waals surface area contributed by atoms with Crippen LogP contribution in [0.2, 0.25) is 0 Å². The van der Waals surface area contributed by atoms with Crippen molar-refractivity contribution in [3.63, 3.8) is 0 Å². The molecule has 0 saturated heterocycles. The lowest BCUT2D eigenvalue weighted by Gasteiger charge is -2.20. The molecule has 6 nitrogen and oxygen atoms in total. The van der Waals surface area contributed by atoms with Crippen molar-refractivity contribution in [1.82, 2.24) is 0 Å². The van der Waals surface area contributed by atoms with Gasteiger partial charge in [0.05, 0.1) is 11.5 Å². The van der Waals surface area contributed by atoms with Gasteiger partial charge in [0, 0.05) is 17.8 Å². The van der Waals surface area contributed by atoms with Crippen LogP contribution in [0.3, 0.4) is 0 Å². The zero-order valence-corrected chi connectivity index (χ0v) is 9.38. The number of rotatable bonds is 4. The Hall–Kier alpha value is -2.18. The molecule has 0 unspecified atom stereocenters. The molecule has 0 heterocycles. The highest BCUT2D eigenvalue weighted by molar-refractivity contribution is 5.86.